The molecule has 0 saturated carbocycles. The van der Waals surface area contributed by atoms with Crippen LogP contribution in [0.1, 0.15) is 37.4 Å². The van der Waals surface area contributed by atoms with Crippen molar-refractivity contribution in [3.63, 3.8) is 0 Å². The monoisotopic (exact) mass is 567 g/mol. The van der Waals surface area contributed by atoms with Gasteiger partial charge in [0, 0.05) is 37.4 Å². The summed E-state index contributed by atoms with van der Waals surface area (Å²) in [5, 5.41) is 0. The van der Waals surface area contributed by atoms with Crippen molar-refractivity contribution in [3.05, 3.63) is 119 Å². The molecule has 4 aromatic rings. The van der Waals surface area contributed by atoms with Gasteiger partial charge in [-0.15, -0.1) is 0 Å². The van der Waals surface area contributed by atoms with E-state index in [0.29, 0.717) is 59.3 Å². The second-order valence-corrected chi connectivity index (χ2v) is 11.9. The molecule has 1 saturated heterocycles. The lowest BCUT2D eigenvalue weighted by Crippen LogP contribution is -2.48. The van der Waals surface area contributed by atoms with Crippen molar-refractivity contribution in [1.82, 2.24) is 4.90 Å². The molecule has 1 atom stereocenters. The van der Waals surface area contributed by atoms with Gasteiger partial charge in [0.2, 0.25) is 0 Å². The highest BCUT2D eigenvalue weighted by Crippen LogP contribution is 2.36. The maximum Gasteiger partial charge on any atom is 0.259 e. The average molecular weight is 568 g/mol. The molecule has 2 heterocycles. The first-order valence-corrected chi connectivity index (χ1v) is 14.8. The van der Waals surface area contributed by atoms with Gasteiger partial charge in [0.15, 0.2) is 0 Å². The van der Waals surface area contributed by atoms with Crippen LogP contribution in [-0.2, 0) is 17.3 Å². The van der Waals surface area contributed by atoms with E-state index in [4.69, 9.17) is 0 Å². The topological polar surface area (TPSA) is 60.9 Å². The van der Waals surface area contributed by atoms with Crippen molar-refractivity contribution in [2.75, 3.05) is 36.0 Å². The summed E-state index contributed by atoms with van der Waals surface area (Å²) in [6.07, 6.45) is 0. The quantitative estimate of drug-likeness (QED) is 0.316. The third-order valence-electron chi connectivity index (χ3n) is 7.85. The Morgan fingerprint density at radius 2 is 1.59 bits per heavy atom. The Labute approximate surface area is 241 Å². The Kier molecular flexibility index (Phi) is 7.17. The molecule has 0 aliphatic carbocycles. The van der Waals surface area contributed by atoms with Gasteiger partial charge in [-0.2, -0.15) is 0 Å². The fraction of sp³-hybridized carbons (Fsp3) is 0.212. The molecule has 8 heteroatoms. The molecule has 0 aromatic heterocycles. The van der Waals surface area contributed by atoms with Crippen LogP contribution in [-0.4, -0.2) is 47.1 Å². The van der Waals surface area contributed by atoms with E-state index >= 15 is 0 Å². The average Bonchev–Trinajstić information content (AvgIpc) is 3.08. The molecule has 0 spiro atoms. The molecule has 0 N–H and O–H groups in total. The van der Waals surface area contributed by atoms with E-state index in [-0.39, 0.29) is 17.6 Å². The van der Waals surface area contributed by atoms with Crippen LogP contribution in [0.2, 0.25) is 0 Å². The van der Waals surface area contributed by atoms with Gasteiger partial charge in [-0.1, -0.05) is 35.9 Å². The number of benzene rings is 4. The Balaban J connectivity index is 1.33. The molecule has 1 fully saturated rings. The molecule has 4 aromatic carbocycles. The molecule has 208 valence electrons. The molecule has 41 heavy (non-hydrogen) atoms. The lowest BCUT2D eigenvalue weighted by Gasteiger charge is -2.36. The van der Waals surface area contributed by atoms with E-state index in [1.807, 2.05) is 26.0 Å². The largest absolute Gasteiger partial charge is 0.368 e. The van der Waals surface area contributed by atoms with E-state index in [0.717, 1.165) is 22.4 Å². The van der Waals surface area contributed by atoms with E-state index in [1.54, 1.807) is 64.4 Å². The van der Waals surface area contributed by atoms with Crippen molar-refractivity contribution in [1.29, 1.82) is 0 Å². The van der Waals surface area contributed by atoms with Crippen LogP contribution < -0.4 is 9.80 Å². The van der Waals surface area contributed by atoms with Crippen LogP contribution in [0, 0.1) is 19.7 Å². The normalized spacial score (nSPS) is 16.7. The second-order valence-electron chi connectivity index (χ2n) is 10.5. The van der Waals surface area contributed by atoms with E-state index in [9.17, 15) is 18.2 Å². The van der Waals surface area contributed by atoms with Crippen LogP contribution in [0.25, 0.3) is 0 Å². The molecule has 0 unspecified atom stereocenters. The summed E-state index contributed by atoms with van der Waals surface area (Å²) in [4.78, 5) is 34.2. The number of piperazine rings is 1. The van der Waals surface area contributed by atoms with Crippen molar-refractivity contribution in [2.45, 2.75) is 30.2 Å². The van der Waals surface area contributed by atoms with Crippen molar-refractivity contribution >= 4 is 34.0 Å². The SMILES string of the molecule is Cc1ccc(C)c(CN2C(=O)c3ccccc3[S@@](=O)c3ccc(C(=O)N4CCN(c5ccc(F)cc5)CC4)cc32)c1. The van der Waals surface area contributed by atoms with Crippen LogP contribution in [0.4, 0.5) is 15.8 Å². The van der Waals surface area contributed by atoms with E-state index in [2.05, 4.69) is 11.0 Å². The molecular formula is C33H30FN3O3S. The lowest BCUT2D eigenvalue weighted by molar-refractivity contribution is 0.0746. The number of hydrogen-bond acceptors (Lipinski definition) is 4. The van der Waals surface area contributed by atoms with Gasteiger partial charge >= 0.3 is 0 Å². The summed E-state index contributed by atoms with van der Waals surface area (Å²) >= 11 is 0. The summed E-state index contributed by atoms with van der Waals surface area (Å²) < 4.78 is 27.1. The van der Waals surface area contributed by atoms with Crippen molar-refractivity contribution in [3.8, 4) is 0 Å². The van der Waals surface area contributed by atoms with Gasteiger partial charge < -0.3 is 14.7 Å². The Morgan fingerprint density at radius 3 is 2.34 bits per heavy atom. The van der Waals surface area contributed by atoms with E-state index < -0.39 is 10.8 Å². The van der Waals surface area contributed by atoms with Gasteiger partial charge in [-0.25, -0.2) is 8.60 Å². The number of nitrogens with zero attached hydrogens (tertiary/aromatic N) is 3. The number of amides is 2. The first-order valence-electron chi connectivity index (χ1n) is 13.6. The zero-order chi connectivity index (χ0) is 28.7. The van der Waals surface area contributed by atoms with Crippen LogP contribution in [0.15, 0.2) is 94.7 Å². The standard InChI is InChI=1S/C33H30FN3O3S/c1-22-7-8-23(2)25(19-22)21-37-29-20-24(9-14-31(29)41(40)30-6-4-3-5-28(30)33(37)39)32(38)36-17-15-35(16-18-36)27-12-10-26(34)11-13-27/h3-14,19-20H,15-18,21H2,1-2H3/t41-/m1/s1. The molecule has 0 radical (unpaired) electrons. The fourth-order valence-electron chi connectivity index (χ4n) is 5.50. The van der Waals surface area contributed by atoms with Gasteiger partial charge in [-0.05, 0) is 79.6 Å². The first-order chi connectivity index (χ1) is 19.8. The number of halogens is 1. The third kappa shape index (κ3) is 5.15. The van der Waals surface area contributed by atoms with Gasteiger partial charge in [0.1, 0.15) is 5.82 Å². The zero-order valence-electron chi connectivity index (χ0n) is 23.0. The van der Waals surface area contributed by atoms with Crippen LogP contribution >= 0.6 is 0 Å². The minimum Gasteiger partial charge on any atom is -0.368 e. The van der Waals surface area contributed by atoms with Crippen molar-refractivity contribution < 1.29 is 18.2 Å². The molecule has 6 nitrogen and oxygen atoms in total. The maximum absolute atomic E-state index is 14.0. The minimum atomic E-state index is -1.59. The third-order valence-corrected chi connectivity index (χ3v) is 9.35. The summed E-state index contributed by atoms with van der Waals surface area (Å²) in [6.45, 7) is 6.58. The number of rotatable bonds is 4. The summed E-state index contributed by atoms with van der Waals surface area (Å²) in [6, 6.07) is 24.7. The van der Waals surface area contributed by atoms with Gasteiger partial charge in [0.05, 0.1) is 38.4 Å². The highest BCUT2D eigenvalue weighted by atomic mass is 32.2. The Hall–Kier alpha value is -4.30. The molecule has 2 aliphatic heterocycles. The second kappa shape index (κ2) is 10.9. The number of anilines is 2. The maximum atomic E-state index is 14.0. The number of fused-ring (bicyclic) bond motifs is 2. The lowest BCUT2D eigenvalue weighted by atomic mass is 10.0. The number of aryl methyl sites for hydroxylation is 2. The number of carbonyl (C=O) groups is 2. The highest BCUT2D eigenvalue weighted by Gasteiger charge is 2.32. The molecule has 0 bridgehead atoms. The Morgan fingerprint density at radius 1 is 0.854 bits per heavy atom. The highest BCUT2D eigenvalue weighted by molar-refractivity contribution is 7.85. The molecule has 2 amide bonds. The summed E-state index contributed by atoms with van der Waals surface area (Å²) in [5.74, 6) is -0.663. The molecular weight excluding hydrogens is 537 g/mol. The number of hydrogen-bond donors (Lipinski definition) is 0. The predicted octanol–water partition coefficient (Wildman–Crippen LogP) is 5.73. The summed E-state index contributed by atoms with van der Waals surface area (Å²) in [7, 11) is -1.59. The Bertz CT molecular complexity index is 1680. The van der Waals surface area contributed by atoms with Crippen molar-refractivity contribution in [2.24, 2.45) is 0 Å². The number of carbonyl (C=O) groups excluding carboxylic acids is 2. The van der Waals surface area contributed by atoms with Gasteiger partial charge in [0.25, 0.3) is 11.8 Å². The smallest absolute Gasteiger partial charge is 0.259 e. The summed E-state index contributed by atoms with van der Waals surface area (Å²) in [5.41, 5.74) is 5.38. The predicted molar refractivity (Wildman–Crippen MR) is 159 cm³/mol. The van der Waals surface area contributed by atoms with E-state index in [1.165, 1.54) is 12.1 Å². The first kappa shape index (κ1) is 26.9. The van der Waals surface area contributed by atoms with Gasteiger partial charge in [-0.3, -0.25) is 9.59 Å². The molecule has 6 rings (SSSR count). The minimum absolute atomic E-state index is 0.141. The molecule has 2 aliphatic rings. The fourth-order valence-corrected chi connectivity index (χ4v) is 6.84. The van der Waals surface area contributed by atoms with Crippen LogP contribution in [0.5, 0.6) is 0 Å². The zero-order valence-corrected chi connectivity index (χ0v) is 23.8. The van der Waals surface area contributed by atoms with Crippen LogP contribution in [0.3, 0.4) is 0 Å².